The van der Waals surface area contributed by atoms with Crippen LogP contribution in [-0.4, -0.2) is 37.5 Å². The first kappa shape index (κ1) is 16.1. The number of alkyl carbamates (subject to hydrolysis) is 1. The van der Waals surface area contributed by atoms with E-state index >= 15 is 0 Å². The highest BCUT2D eigenvalue weighted by molar-refractivity contribution is 7.86. The number of hydrogen-bond acceptors (Lipinski definition) is 4. The summed E-state index contributed by atoms with van der Waals surface area (Å²) in [5.41, 5.74) is 0. The predicted molar refractivity (Wildman–Crippen MR) is 62.4 cm³/mol. The average Bonchev–Trinajstić information content (AvgIpc) is 2.34. The third-order valence-corrected chi connectivity index (χ3v) is 3.88. The van der Waals surface area contributed by atoms with Gasteiger partial charge in [0.05, 0.1) is 0 Å². The second-order valence-electron chi connectivity index (χ2n) is 4.57. The molecule has 0 unspecified atom stereocenters. The molecule has 0 bridgehead atoms. The Morgan fingerprint density at radius 1 is 1.32 bits per heavy atom. The molecule has 0 aliphatic heterocycles. The number of amides is 1. The lowest BCUT2D eigenvalue weighted by Crippen LogP contribution is -2.38. The van der Waals surface area contributed by atoms with E-state index < -0.39 is 28.1 Å². The molecule has 0 atom stereocenters. The molecule has 0 heterocycles. The molecule has 1 fully saturated rings. The Labute approximate surface area is 110 Å². The summed E-state index contributed by atoms with van der Waals surface area (Å²) in [6, 6.07) is 0. The van der Waals surface area contributed by atoms with Crippen molar-refractivity contribution in [2.45, 2.75) is 37.4 Å². The van der Waals surface area contributed by atoms with E-state index in [1.165, 1.54) is 0 Å². The first-order chi connectivity index (χ1) is 8.72. The summed E-state index contributed by atoms with van der Waals surface area (Å²) in [5, 5.41) is -2.19. The van der Waals surface area contributed by atoms with E-state index in [9.17, 15) is 22.0 Å². The van der Waals surface area contributed by atoms with Gasteiger partial charge in [0.2, 0.25) is 0 Å². The third-order valence-electron chi connectivity index (χ3n) is 3.01. The largest absolute Gasteiger partial charge is 0.442 e. The van der Waals surface area contributed by atoms with Crippen LogP contribution in [0.15, 0.2) is 0 Å². The molecule has 1 aliphatic rings. The Balaban J connectivity index is 2.28. The van der Waals surface area contributed by atoms with Crippen molar-refractivity contribution in [2.75, 3.05) is 13.2 Å². The number of hydrogen-bond donors (Lipinski definition) is 2. The van der Waals surface area contributed by atoms with Gasteiger partial charge in [0.25, 0.3) is 0 Å². The van der Waals surface area contributed by atoms with Crippen molar-refractivity contribution in [2.24, 2.45) is 5.92 Å². The third kappa shape index (κ3) is 5.27. The van der Waals surface area contributed by atoms with E-state index in [0.29, 0.717) is 12.5 Å². The highest BCUT2D eigenvalue weighted by atomic mass is 32.2. The average molecular weight is 301 g/mol. The molecule has 0 saturated heterocycles. The lowest BCUT2D eigenvalue weighted by Gasteiger charge is -2.21. The summed E-state index contributed by atoms with van der Waals surface area (Å²) in [4.78, 5) is 11.1. The maximum atomic E-state index is 12.7. The zero-order valence-corrected chi connectivity index (χ0v) is 11.1. The number of rotatable bonds is 5. The first-order valence-electron chi connectivity index (χ1n) is 5.98. The molecule has 1 amide bonds. The summed E-state index contributed by atoms with van der Waals surface area (Å²) in [6.45, 7) is -1.39. The van der Waals surface area contributed by atoms with Crippen LogP contribution in [0, 0.1) is 5.92 Å². The van der Waals surface area contributed by atoms with Crippen molar-refractivity contribution in [3.63, 3.8) is 0 Å². The van der Waals surface area contributed by atoms with Crippen LogP contribution in [0.2, 0.25) is 0 Å². The van der Waals surface area contributed by atoms with Crippen molar-refractivity contribution in [1.29, 1.82) is 0 Å². The minimum Gasteiger partial charge on any atom is -0.442 e. The molecular formula is C10H17F2NO5S. The zero-order chi connectivity index (χ0) is 14.5. The van der Waals surface area contributed by atoms with Gasteiger partial charge in [0, 0.05) is 6.54 Å². The molecule has 19 heavy (non-hydrogen) atoms. The fourth-order valence-corrected chi connectivity index (χ4v) is 2.10. The highest BCUT2D eigenvalue weighted by Gasteiger charge is 2.45. The molecule has 0 aromatic heterocycles. The summed E-state index contributed by atoms with van der Waals surface area (Å²) >= 11 is 0. The highest BCUT2D eigenvalue weighted by Crippen LogP contribution is 2.23. The Kier molecular flexibility index (Phi) is 5.48. The van der Waals surface area contributed by atoms with Gasteiger partial charge in [-0.25, -0.2) is 4.79 Å². The Bertz CT molecular complexity index is 406. The van der Waals surface area contributed by atoms with E-state index in [1.54, 1.807) is 0 Å². The van der Waals surface area contributed by atoms with Crippen LogP contribution >= 0.6 is 0 Å². The topological polar surface area (TPSA) is 92.7 Å². The van der Waals surface area contributed by atoms with Gasteiger partial charge in [-0.15, -0.1) is 0 Å². The van der Waals surface area contributed by atoms with Gasteiger partial charge in [-0.1, -0.05) is 19.3 Å². The monoisotopic (exact) mass is 301 g/mol. The van der Waals surface area contributed by atoms with Crippen molar-refractivity contribution < 1.29 is 31.3 Å². The molecule has 1 aliphatic carbocycles. The fourth-order valence-electron chi connectivity index (χ4n) is 1.89. The van der Waals surface area contributed by atoms with E-state index in [4.69, 9.17) is 4.55 Å². The van der Waals surface area contributed by atoms with Gasteiger partial charge < -0.3 is 10.1 Å². The molecule has 0 aromatic rings. The van der Waals surface area contributed by atoms with Crippen LogP contribution in [0.5, 0.6) is 0 Å². The van der Waals surface area contributed by atoms with Gasteiger partial charge in [-0.05, 0) is 18.8 Å². The molecule has 0 aromatic carbocycles. The molecule has 6 nitrogen and oxygen atoms in total. The van der Waals surface area contributed by atoms with E-state index in [-0.39, 0.29) is 0 Å². The Morgan fingerprint density at radius 3 is 2.42 bits per heavy atom. The van der Waals surface area contributed by atoms with Crippen LogP contribution in [0.3, 0.4) is 0 Å². The predicted octanol–water partition coefficient (Wildman–Crippen LogP) is 1.77. The number of halogens is 2. The molecule has 112 valence electrons. The van der Waals surface area contributed by atoms with Gasteiger partial charge >= 0.3 is 21.5 Å². The first-order valence-corrected chi connectivity index (χ1v) is 7.42. The van der Waals surface area contributed by atoms with Gasteiger partial charge in [-0.3, -0.25) is 4.55 Å². The lowest BCUT2D eigenvalue weighted by atomic mass is 9.89. The van der Waals surface area contributed by atoms with Gasteiger partial charge in [-0.2, -0.15) is 17.2 Å². The molecular weight excluding hydrogens is 284 g/mol. The molecule has 1 saturated carbocycles. The number of nitrogens with one attached hydrogen (secondary N) is 1. The van der Waals surface area contributed by atoms with Crippen molar-refractivity contribution in [3.05, 3.63) is 0 Å². The van der Waals surface area contributed by atoms with Crippen molar-refractivity contribution in [3.8, 4) is 0 Å². The molecule has 1 rings (SSSR count). The quantitative estimate of drug-likeness (QED) is 0.755. The van der Waals surface area contributed by atoms with Crippen LogP contribution in [-0.2, 0) is 14.9 Å². The molecule has 2 N–H and O–H groups in total. The smallest absolute Gasteiger partial charge is 0.407 e. The Hall–Kier alpha value is -0.960. The van der Waals surface area contributed by atoms with E-state index in [2.05, 4.69) is 10.1 Å². The standard InChI is InChI=1S/C10H17F2NO5S/c11-10(12,19(15,16)17)7-18-9(14)13-6-8-4-2-1-3-5-8/h8H,1-7H2,(H,13,14)(H,15,16,17). The number of alkyl halides is 2. The van der Waals surface area contributed by atoms with Gasteiger partial charge in [0.15, 0.2) is 6.61 Å². The normalized spacial score (nSPS) is 18.1. The van der Waals surface area contributed by atoms with Crippen molar-refractivity contribution in [1.82, 2.24) is 5.32 Å². The number of carbonyl (C=O) groups is 1. The summed E-state index contributed by atoms with van der Waals surface area (Å²) < 4.78 is 58.3. The van der Waals surface area contributed by atoms with Crippen LogP contribution < -0.4 is 5.32 Å². The Morgan fingerprint density at radius 2 is 1.89 bits per heavy atom. The summed E-state index contributed by atoms with van der Waals surface area (Å²) in [5.74, 6) is 0.295. The zero-order valence-electron chi connectivity index (χ0n) is 10.3. The summed E-state index contributed by atoms with van der Waals surface area (Å²) in [6.07, 6.45) is 4.10. The molecule has 9 heteroatoms. The SMILES string of the molecule is O=C(NCC1CCCCC1)OCC(F)(F)S(=O)(=O)O. The van der Waals surface area contributed by atoms with Crippen LogP contribution in [0.1, 0.15) is 32.1 Å². The second kappa shape index (κ2) is 6.47. The molecule has 0 spiro atoms. The molecule has 0 radical (unpaired) electrons. The minimum atomic E-state index is -5.57. The fraction of sp³-hybridized carbons (Fsp3) is 0.900. The minimum absolute atomic E-state index is 0.295. The number of ether oxygens (including phenoxy) is 1. The number of carbonyl (C=O) groups excluding carboxylic acids is 1. The maximum absolute atomic E-state index is 12.7. The van der Waals surface area contributed by atoms with E-state index in [0.717, 1.165) is 32.1 Å². The second-order valence-corrected chi connectivity index (χ2v) is 6.12. The van der Waals surface area contributed by atoms with Crippen molar-refractivity contribution >= 4 is 16.2 Å². The van der Waals surface area contributed by atoms with E-state index in [1.807, 2.05) is 0 Å². The van der Waals surface area contributed by atoms with Crippen LogP contribution in [0.4, 0.5) is 13.6 Å². The lowest BCUT2D eigenvalue weighted by molar-refractivity contribution is 0.00708. The van der Waals surface area contributed by atoms with Gasteiger partial charge in [0.1, 0.15) is 0 Å². The van der Waals surface area contributed by atoms with Crippen LogP contribution in [0.25, 0.3) is 0 Å². The maximum Gasteiger partial charge on any atom is 0.407 e. The summed E-state index contributed by atoms with van der Waals surface area (Å²) in [7, 11) is -5.57.